The van der Waals surface area contributed by atoms with Crippen LogP contribution in [-0.4, -0.2) is 23.8 Å². The van der Waals surface area contributed by atoms with Crippen molar-refractivity contribution >= 4 is 23.4 Å². The number of pyridine rings is 1. The summed E-state index contributed by atoms with van der Waals surface area (Å²) in [6.45, 7) is 0. The molecule has 0 atom stereocenters. The van der Waals surface area contributed by atoms with Gasteiger partial charge in [0.05, 0.1) is 24.1 Å². The molecular formula is C27H21N3O2S. The van der Waals surface area contributed by atoms with Gasteiger partial charge in [-0.2, -0.15) is 5.26 Å². The molecular weight excluding hydrogens is 430 g/mol. The van der Waals surface area contributed by atoms with Crippen molar-refractivity contribution in [3.05, 3.63) is 96.6 Å². The predicted molar refractivity (Wildman–Crippen MR) is 132 cm³/mol. The van der Waals surface area contributed by atoms with Crippen LogP contribution < -0.4 is 10.1 Å². The molecule has 0 radical (unpaired) electrons. The summed E-state index contributed by atoms with van der Waals surface area (Å²) in [5.74, 6) is 0.714. The summed E-state index contributed by atoms with van der Waals surface area (Å²) < 4.78 is 5.27. The summed E-state index contributed by atoms with van der Waals surface area (Å²) in [6, 6.07) is 30.8. The Morgan fingerprint density at radius 2 is 1.64 bits per heavy atom. The summed E-state index contributed by atoms with van der Waals surface area (Å²) in [4.78, 5) is 17.3. The fraction of sp³-hybridized carbons (Fsp3) is 0.0741. The number of nitriles is 1. The van der Waals surface area contributed by atoms with Gasteiger partial charge in [-0.1, -0.05) is 72.4 Å². The maximum Gasteiger partial charge on any atom is 0.234 e. The summed E-state index contributed by atoms with van der Waals surface area (Å²) in [5.41, 5.74) is 4.49. The molecule has 0 unspecified atom stereocenters. The number of hydrogen-bond donors (Lipinski definition) is 1. The number of carbonyl (C=O) groups excluding carboxylic acids is 1. The number of nitrogens with one attached hydrogen (secondary N) is 1. The third kappa shape index (κ3) is 5.40. The Balaban J connectivity index is 1.70. The topological polar surface area (TPSA) is 75.0 Å². The van der Waals surface area contributed by atoms with Gasteiger partial charge in [0.15, 0.2) is 0 Å². The molecule has 1 heterocycles. The van der Waals surface area contributed by atoms with Gasteiger partial charge in [0.25, 0.3) is 0 Å². The average molecular weight is 452 g/mol. The molecule has 6 heteroatoms. The number of hydrogen-bond acceptors (Lipinski definition) is 5. The van der Waals surface area contributed by atoms with E-state index in [4.69, 9.17) is 9.72 Å². The van der Waals surface area contributed by atoms with Crippen molar-refractivity contribution in [1.82, 2.24) is 4.98 Å². The fourth-order valence-electron chi connectivity index (χ4n) is 3.34. The second-order valence-electron chi connectivity index (χ2n) is 7.14. The van der Waals surface area contributed by atoms with E-state index in [1.165, 1.54) is 11.8 Å². The van der Waals surface area contributed by atoms with Gasteiger partial charge < -0.3 is 10.1 Å². The molecule has 1 amide bonds. The SMILES string of the molecule is COc1ccc(-c2cc(-c3ccccc3)nc(SCC(=O)Nc3ccccc3)c2C#N)cc1. The fourth-order valence-corrected chi connectivity index (χ4v) is 4.14. The van der Waals surface area contributed by atoms with Crippen molar-refractivity contribution in [2.75, 3.05) is 18.2 Å². The van der Waals surface area contributed by atoms with Gasteiger partial charge in [-0.3, -0.25) is 4.79 Å². The minimum Gasteiger partial charge on any atom is -0.497 e. The minimum atomic E-state index is -0.159. The van der Waals surface area contributed by atoms with Crippen LogP contribution in [-0.2, 0) is 4.79 Å². The van der Waals surface area contributed by atoms with E-state index >= 15 is 0 Å². The maximum absolute atomic E-state index is 12.5. The Hall–Kier alpha value is -4.08. The van der Waals surface area contributed by atoms with E-state index in [-0.39, 0.29) is 11.7 Å². The normalized spacial score (nSPS) is 10.3. The van der Waals surface area contributed by atoms with Gasteiger partial charge in [0.2, 0.25) is 5.91 Å². The molecule has 1 N–H and O–H groups in total. The Morgan fingerprint density at radius 3 is 2.27 bits per heavy atom. The van der Waals surface area contributed by atoms with Crippen LogP contribution in [0.4, 0.5) is 5.69 Å². The van der Waals surface area contributed by atoms with E-state index in [2.05, 4.69) is 11.4 Å². The van der Waals surface area contributed by atoms with Gasteiger partial charge >= 0.3 is 0 Å². The zero-order valence-electron chi connectivity index (χ0n) is 18.0. The van der Waals surface area contributed by atoms with Gasteiger partial charge in [-0.25, -0.2) is 4.98 Å². The molecule has 1 aromatic heterocycles. The van der Waals surface area contributed by atoms with Crippen molar-refractivity contribution in [3.63, 3.8) is 0 Å². The zero-order valence-corrected chi connectivity index (χ0v) is 18.8. The highest BCUT2D eigenvalue weighted by molar-refractivity contribution is 8.00. The largest absolute Gasteiger partial charge is 0.497 e. The molecule has 162 valence electrons. The molecule has 4 rings (SSSR count). The molecule has 33 heavy (non-hydrogen) atoms. The third-order valence-corrected chi connectivity index (χ3v) is 5.94. The highest BCUT2D eigenvalue weighted by Crippen LogP contribution is 2.34. The molecule has 5 nitrogen and oxygen atoms in total. The first-order valence-corrected chi connectivity index (χ1v) is 11.3. The van der Waals surface area contributed by atoms with Crippen LogP contribution in [0.5, 0.6) is 5.75 Å². The molecule has 0 fully saturated rings. The quantitative estimate of drug-likeness (QED) is 0.347. The number of para-hydroxylation sites is 1. The maximum atomic E-state index is 12.5. The standard InChI is InChI=1S/C27H21N3O2S/c1-32-22-14-12-19(13-15-22)23-16-25(20-8-4-2-5-9-20)30-27(24(23)17-28)33-18-26(31)29-21-10-6-3-7-11-21/h2-16H,18H2,1H3,(H,29,31). The van der Waals surface area contributed by atoms with Crippen LogP contribution in [0.2, 0.25) is 0 Å². The minimum absolute atomic E-state index is 0.136. The molecule has 0 aliphatic carbocycles. The molecule has 0 aliphatic heterocycles. The van der Waals surface area contributed by atoms with Crippen LogP contribution in [0.3, 0.4) is 0 Å². The van der Waals surface area contributed by atoms with Crippen LogP contribution >= 0.6 is 11.8 Å². The summed E-state index contributed by atoms with van der Waals surface area (Å²) in [5, 5.41) is 13.4. The molecule has 3 aromatic carbocycles. The number of aromatic nitrogens is 1. The lowest BCUT2D eigenvalue weighted by Gasteiger charge is -2.13. The highest BCUT2D eigenvalue weighted by atomic mass is 32.2. The first-order chi connectivity index (χ1) is 16.2. The monoisotopic (exact) mass is 451 g/mol. The number of benzene rings is 3. The van der Waals surface area contributed by atoms with E-state index < -0.39 is 0 Å². The third-order valence-electron chi connectivity index (χ3n) is 4.97. The van der Waals surface area contributed by atoms with Crippen LogP contribution in [0.1, 0.15) is 5.56 Å². The van der Waals surface area contributed by atoms with Crippen LogP contribution in [0.25, 0.3) is 22.4 Å². The van der Waals surface area contributed by atoms with E-state index in [0.29, 0.717) is 10.6 Å². The lowest BCUT2D eigenvalue weighted by molar-refractivity contribution is -0.113. The molecule has 0 bridgehead atoms. The summed E-state index contributed by atoms with van der Waals surface area (Å²) >= 11 is 1.25. The highest BCUT2D eigenvalue weighted by Gasteiger charge is 2.17. The second kappa shape index (κ2) is 10.5. The van der Waals surface area contributed by atoms with Crippen LogP contribution in [0, 0.1) is 11.3 Å². The van der Waals surface area contributed by atoms with E-state index in [1.54, 1.807) is 7.11 Å². The van der Waals surface area contributed by atoms with E-state index in [1.807, 2.05) is 91.0 Å². The van der Waals surface area contributed by atoms with Crippen molar-refractivity contribution in [3.8, 4) is 34.2 Å². The first-order valence-electron chi connectivity index (χ1n) is 10.3. The molecule has 4 aromatic rings. The average Bonchev–Trinajstić information content (AvgIpc) is 2.88. The van der Waals surface area contributed by atoms with Crippen molar-refractivity contribution in [2.45, 2.75) is 5.03 Å². The van der Waals surface area contributed by atoms with E-state index in [0.717, 1.165) is 33.8 Å². The second-order valence-corrected chi connectivity index (χ2v) is 8.11. The number of nitrogens with zero attached hydrogens (tertiary/aromatic N) is 2. The van der Waals surface area contributed by atoms with Gasteiger partial charge in [-0.15, -0.1) is 0 Å². The summed E-state index contributed by atoms with van der Waals surface area (Å²) in [6.07, 6.45) is 0. The smallest absolute Gasteiger partial charge is 0.234 e. The number of rotatable bonds is 7. The number of methoxy groups -OCH3 is 1. The number of thioether (sulfide) groups is 1. The lowest BCUT2D eigenvalue weighted by atomic mass is 9.99. The molecule has 0 saturated heterocycles. The first kappa shape index (κ1) is 22.1. The number of carbonyl (C=O) groups is 1. The Morgan fingerprint density at radius 1 is 0.970 bits per heavy atom. The molecule has 0 saturated carbocycles. The number of ether oxygens (including phenoxy) is 1. The van der Waals surface area contributed by atoms with E-state index in [9.17, 15) is 10.1 Å². The Bertz CT molecular complexity index is 1290. The Labute approximate surface area is 197 Å². The lowest BCUT2D eigenvalue weighted by Crippen LogP contribution is -2.14. The molecule has 0 spiro atoms. The predicted octanol–water partition coefficient (Wildman–Crippen LogP) is 6.03. The van der Waals surface area contributed by atoms with Crippen LogP contribution in [0.15, 0.2) is 96.0 Å². The van der Waals surface area contributed by atoms with Crippen molar-refractivity contribution in [2.24, 2.45) is 0 Å². The Kier molecular flexibility index (Phi) is 7.03. The number of anilines is 1. The van der Waals surface area contributed by atoms with Crippen molar-refractivity contribution < 1.29 is 9.53 Å². The summed E-state index contributed by atoms with van der Waals surface area (Å²) in [7, 11) is 1.62. The van der Waals surface area contributed by atoms with Gasteiger partial charge in [-0.05, 0) is 35.9 Å². The molecule has 0 aliphatic rings. The number of amides is 1. The van der Waals surface area contributed by atoms with Crippen molar-refractivity contribution in [1.29, 1.82) is 5.26 Å². The zero-order chi connectivity index (χ0) is 23.0. The van der Waals surface area contributed by atoms with Gasteiger partial charge in [0, 0.05) is 16.8 Å². The van der Waals surface area contributed by atoms with Gasteiger partial charge in [0.1, 0.15) is 16.8 Å².